The van der Waals surface area contributed by atoms with Gasteiger partial charge in [0.15, 0.2) is 11.9 Å². The minimum Gasteiger partial charge on any atom is -0.467 e. The second-order valence-electron chi connectivity index (χ2n) is 5.01. The molecule has 1 heterocycles. The molecule has 0 unspecified atom stereocenters. The molecule has 0 aliphatic rings. The molecule has 0 aliphatic heterocycles. The maximum atomic E-state index is 11.1. The molecule has 24 heavy (non-hydrogen) atoms. The van der Waals surface area contributed by atoms with Crippen LogP contribution >= 0.6 is 11.6 Å². The number of nitrogens with zero attached hydrogens (tertiary/aromatic N) is 2. The van der Waals surface area contributed by atoms with Gasteiger partial charge in [-0.3, -0.25) is 4.79 Å². The highest BCUT2D eigenvalue weighted by Crippen LogP contribution is 2.35. The van der Waals surface area contributed by atoms with Gasteiger partial charge in [0.05, 0.1) is 0 Å². The highest BCUT2D eigenvalue weighted by molar-refractivity contribution is 6.34. The molecule has 0 amide bonds. The molecule has 5 nitrogen and oxygen atoms in total. The molecule has 0 spiro atoms. The van der Waals surface area contributed by atoms with E-state index in [4.69, 9.17) is 21.1 Å². The maximum absolute atomic E-state index is 11.1. The van der Waals surface area contributed by atoms with Gasteiger partial charge in [0.2, 0.25) is 0 Å². The number of hydrogen-bond donors (Lipinski definition) is 0. The number of rotatable bonds is 6. The van der Waals surface area contributed by atoms with Crippen molar-refractivity contribution in [2.24, 2.45) is 0 Å². The smallest absolute Gasteiger partial charge is 0.189 e. The molecule has 3 aromatic rings. The highest BCUT2D eigenvalue weighted by atomic mass is 35.5. The third-order valence-electron chi connectivity index (χ3n) is 3.54. The van der Waals surface area contributed by atoms with Crippen molar-refractivity contribution in [1.82, 2.24) is 10.2 Å². The van der Waals surface area contributed by atoms with E-state index in [0.29, 0.717) is 28.8 Å². The minimum absolute atomic E-state index is 0.0881. The van der Waals surface area contributed by atoms with Crippen molar-refractivity contribution in [3.05, 3.63) is 53.2 Å². The van der Waals surface area contributed by atoms with Crippen molar-refractivity contribution in [2.75, 3.05) is 13.4 Å². The van der Waals surface area contributed by atoms with Crippen LogP contribution in [0.5, 0.6) is 5.75 Å². The first-order valence-electron chi connectivity index (χ1n) is 7.45. The Morgan fingerprint density at radius 3 is 2.67 bits per heavy atom. The first kappa shape index (κ1) is 16.4. The average Bonchev–Trinajstić information content (AvgIpc) is 2.63. The normalized spacial score (nSPS) is 10.8. The van der Waals surface area contributed by atoms with Gasteiger partial charge in [-0.15, -0.1) is 10.2 Å². The summed E-state index contributed by atoms with van der Waals surface area (Å²) in [7, 11) is 0. The molecule has 0 saturated heterocycles. The number of aromatic nitrogens is 2. The van der Waals surface area contributed by atoms with E-state index in [2.05, 4.69) is 10.2 Å². The predicted octanol–water partition coefficient (Wildman–Crippen LogP) is 4.14. The van der Waals surface area contributed by atoms with Gasteiger partial charge in [0, 0.05) is 28.5 Å². The summed E-state index contributed by atoms with van der Waals surface area (Å²) in [6.45, 7) is 2.50. The van der Waals surface area contributed by atoms with E-state index in [1.165, 1.54) is 0 Å². The molecular formula is C18H15ClN2O3. The molecular weight excluding hydrogens is 328 g/mol. The lowest BCUT2D eigenvalue weighted by Gasteiger charge is -2.13. The fraction of sp³-hybridized carbons (Fsp3) is 0.167. The molecule has 0 radical (unpaired) electrons. The zero-order valence-electron chi connectivity index (χ0n) is 13.0. The molecule has 0 atom stereocenters. The van der Waals surface area contributed by atoms with Crippen molar-refractivity contribution < 1.29 is 14.3 Å². The van der Waals surface area contributed by atoms with E-state index < -0.39 is 0 Å². The van der Waals surface area contributed by atoms with Crippen LogP contribution in [0.2, 0.25) is 5.15 Å². The first-order chi connectivity index (χ1) is 11.7. The molecule has 6 heteroatoms. The Balaban J connectivity index is 2.15. The standard InChI is InChI=1S/C18H15ClN2O3/c1-2-23-11-24-16-9-12(10-22)7-8-15(16)17-13-5-3-4-6-14(13)18(19)21-20-17/h3-10H,2,11H2,1H3. The zero-order chi connectivity index (χ0) is 16.9. The van der Waals surface area contributed by atoms with E-state index in [1.54, 1.807) is 18.2 Å². The number of aldehydes is 1. The number of carbonyl (C=O) groups is 1. The van der Waals surface area contributed by atoms with Gasteiger partial charge in [0.1, 0.15) is 17.7 Å². The lowest BCUT2D eigenvalue weighted by Crippen LogP contribution is -2.04. The molecule has 0 saturated carbocycles. The monoisotopic (exact) mass is 342 g/mol. The van der Waals surface area contributed by atoms with Crippen LogP contribution in [0, 0.1) is 0 Å². The number of ether oxygens (including phenoxy) is 2. The highest BCUT2D eigenvalue weighted by Gasteiger charge is 2.14. The fourth-order valence-corrected chi connectivity index (χ4v) is 2.59. The number of carbonyl (C=O) groups excluding carboxylic acids is 1. The molecule has 0 N–H and O–H groups in total. The zero-order valence-corrected chi connectivity index (χ0v) is 13.8. The number of halogens is 1. The van der Waals surface area contributed by atoms with Gasteiger partial charge in [-0.25, -0.2) is 0 Å². The third kappa shape index (κ3) is 3.22. The first-order valence-corrected chi connectivity index (χ1v) is 7.83. The molecule has 1 aromatic heterocycles. The van der Waals surface area contributed by atoms with Gasteiger partial charge < -0.3 is 9.47 Å². The second kappa shape index (κ2) is 7.38. The molecule has 0 fully saturated rings. The summed E-state index contributed by atoms with van der Waals surface area (Å²) >= 11 is 6.14. The SMILES string of the molecule is CCOCOc1cc(C=O)ccc1-c1nnc(Cl)c2ccccc12. The van der Waals surface area contributed by atoms with Gasteiger partial charge in [-0.05, 0) is 19.1 Å². The van der Waals surface area contributed by atoms with Gasteiger partial charge >= 0.3 is 0 Å². The predicted molar refractivity (Wildman–Crippen MR) is 92.5 cm³/mol. The Bertz CT molecular complexity index is 883. The van der Waals surface area contributed by atoms with Gasteiger partial charge in [-0.1, -0.05) is 41.9 Å². The Hall–Kier alpha value is -2.50. The van der Waals surface area contributed by atoms with Crippen LogP contribution in [0.3, 0.4) is 0 Å². The van der Waals surface area contributed by atoms with Crippen LogP contribution in [-0.4, -0.2) is 29.9 Å². The molecule has 0 aliphatic carbocycles. The van der Waals surface area contributed by atoms with Crippen molar-refractivity contribution in [2.45, 2.75) is 6.92 Å². The summed E-state index contributed by atoms with van der Waals surface area (Å²) in [6.07, 6.45) is 0.767. The maximum Gasteiger partial charge on any atom is 0.189 e. The summed E-state index contributed by atoms with van der Waals surface area (Å²) in [5.41, 5.74) is 1.87. The van der Waals surface area contributed by atoms with E-state index in [-0.39, 0.29) is 6.79 Å². The van der Waals surface area contributed by atoms with Crippen LogP contribution in [0.15, 0.2) is 42.5 Å². The lowest BCUT2D eigenvalue weighted by atomic mass is 10.0. The van der Waals surface area contributed by atoms with Crippen LogP contribution in [-0.2, 0) is 4.74 Å². The topological polar surface area (TPSA) is 61.3 Å². The van der Waals surface area contributed by atoms with Crippen molar-refractivity contribution in [3.63, 3.8) is 0 Å². The number of benzene rings is 2. The molecule has 3 rings (SSSR count). The summed E-state index contributed by atoms with van der Waals surface area (Å²) < 4.78 is 10.9. The van der Waals surface area contributed by atoms with Crippen LogP contribution in [0.4, 0.5) is 0 Å². The van der Waals surface area contributed by atoms with E-state index >= 15 is 0 Å². The van der Waals surface area contributed by atoms with E-state index in [0.717, 1.165) is 22.6 Å². The summed E-state index contributed by atoms with van der Waals surface area (Å²) in [5.74, 6) is 0.509. The van der Waals surface area contributed by atoms with Crippen LogP contribution < -0.4 is 4.74 Å². The molecule has 122 valence electrons. The number of hydrogen-bond acceptors (Lipinski definition) is 5. The van der Waals surface area contributed by atoms with Crippen molar-refractivity contribution in [3.8, 4) is 17.0 Å². The Morgan fingerprint density at radius 1 is 1.12 bits per heavy atom. The minimum atomic E-state index is 0.0881. The van der Waals surface area contributed by atoms with Crippen molar-refractivity contribution in [1.29, 1.82) is 0 Å². The number of fused-ring (bicyclic) bond motifs is 1. The summed E-state index contributed by atoms with van der Waals surface area (Å²) in [5, 5.41) is 10.3. The van der Waals surface area contributed by atoms with Crippen LogP contribution in [0.25, 0.3) is 22.0 Å². The molecule has 2 aromatic carbocycles. The van der Waals surface area contributed by atoms with E-state index in [1.807, 2.05) is 31.2 Å². The largest absolute Gasteiger partial charge is 0.467 e. The summed E-state index contributed by atoms with van der Waals surface area (Å²) in [4.78, 5) is 11.1. The average molecular weight is 343 g/mol. The van der Waals surface area contributed by atoms with Gasteiger partial charge in [-0.2, -0.15) is 0 Å². The Kier molecular flexibility index (Phi) is 5.03. The van der Waals surface area contributed by atoms with E-state index in [9.17, 15) is 4.79 Å². The Morgan fingerprint density at radius 2 is 1.92 bits per heavy atom. The fourth-order valence-electron chi connectivity index (χ4n) is 2.39. The third-order valence-corrected chi connectivity index (χ3v) is 3.82. The van der Waals surface area contributed by atoms with Gasteiger partial charge in [0.25, 0.3) is 0 Å². The summed E-state index contributed by atoms with van der Waals surface area (Å²) in [6, 6.07) is 12.8. The Labute approximate surface area is 144 Å². The van der Waals surface area contributed by atoms with Crippen molar-refractivity contribution >= 4 is 28.7 Å². The lowest BCUT2D eigenvalue weighted by molar-refractivity contribution is 0.0227. The quantitative estimate of drug-likeness (QED) is 0.383. The second-order valence-corrected chi connectivity index (χ2v) is 5.37. The van der Waals surface area contributed by atoms with Crippen LogP contribution in [0.1, 0.15) is 17.3 Å². The molecule has 0 bridgehead atoms.